The zero-order valence-corrected chi connectivity index (χ0v) is 17.3. The number of rotatable bonds is 2. The molecule has 156 valence electrons. The fourth-order valence-electron chi connectivity index (χ4n) is 4.30. The molecule has 4 amide bonds. The van der Waals surface area contributed by atoms with E-state index < -0.39 is 0 Å². The molecule has 0 atom stereocenters. The zero-order valence-electron chi connectivity index (χ0n) is 17.3. The monoisotopic (exact) mass is 406 g/mol. The number of carbonyl (C=O) groups is 3. The number of hydrogen-bond acceptors (Lipinski definition) is 3. The van der Waals surface area contributed by atoms with Crippen LogP contribution < -0.4 is 20.4 Å². The number of carbonyl (C=O) groups excluding carboxylic acids is 3. The molecule has 0 unspecified atom stereocenters. The zero-order chi connectivity index (χ0) is 21.3. The molecule has 2 heterocycles. The van der Waals surface area contributed by atoms with Gasteiger partial charge in [-0.05, 0) is 73.2 Å². The van der Waals surface area contributed by atoms with Crippen LogP contribution in [0, 0.1) is 0 Å². The third-order valence-electron chi connectivity index (χ3n) is 5.67. The number of aryl methyl sites for hydroxylation is 2. The molecule has 0 radical (unpaired) electrons. The first-order valence-electron chi connectivity index (χ1n) is 10.3. The molecule has 2 aromatic rings. The number of anilines is 4. The van der Waals surface area contributed by atoms with Gasteiger partial charge in [-0.15, -0.1) is 0 Å². The number of nitrogens with one attached hydrogen (secondary N) is 2. The molecule has 2 N–H and O–H groups in total. The van der Waals surface area contributed by atoms with Crippen molar-refractivity contribution >= 4 is 40.6 Å². The average molecular weight is 406 g/mol. The molecule has 0 aromatic heterocycles. The largest absolute Gasteiger partial charge is 0.323 e. The minimum atomic E-state index is -0.326. The van der Waals surface area contributed by atoms with Gasteiger partial charge in [-0.25, -0.2) is 4.79 Å². The minimum absolute atomic E-state index is 0.0325. The van der Waals surface area contributed by atoms with E-state index in [4.69, 9.17) is 0 Å². The van der Waals surface area contributed by atoms with E-state index in [0.29, 0.717) is 11.4 Å². The Bertz CT molecular complexity index is 938. The maximum absolute atomic E-state index is 12.5. The Morgan fingerprint density at radius 3 is 1.57 bits per heavy atom. The molecule has 2 aromatic carbocycles. The van der Waals surface area contributed by atoms with E-state index in [9.17, 15) is 14.4 Å². The second kappa shape index (κ2) is 8.18. The second-order valence-corrected chi connectivity index (χ2v) is 7.81. The van der Waals surface area contributed by atoms with Gasteiger partial charge in [0.1, 0.15) is 0 Å². The summed E-state index contributed by atoms with van der Waals surface area (Å²) < 4.78 is 0. The number of nitrogens with zero attached hydrogens (tertiary/aromatic N) is 2. The highest BCUT2D eigenvalue weighted by Gasteiger charge is 2.21. The number of urea groups is 1. The van der Waals surface area contributed by atoms with Gasteiger partial charge in [-0.3, -0.25) is 9.59 Å². The summed E-state index contributed by atoms with van der Waals surface area (Å²) in [5.74, 6) is 0.0651. The normalized spacial score (nSPS) is 15.1. The van der Waals surface area contributed by atoms with Crippen LogP contribution in [0.4, 0.5) is 27.5 Å². The van der Waals surface area contributed by atoms with Crippen LogP contribution in [0.2, 0.25) is 0 Å². The van der Waals surface area contributed by atoms with Gasteiger partial charge in [0.15, 0.2) is 0 Å². The molecule has 0 saturated carbocycles. The maximum Gasteiger partial charge on any atom is 0.323 e. The summed E-state index contributed by atoms with van der Waals surface area (Å²) in [5.41, 5.74) is 5.35. The Balaban J connectivity index is 1.45. The van der Waals surface area contributed by atoms with Gasteiger partial charge < -0.3 is 20.4 Å². The first-order chi connectivity index (χ1) is 14.4. The van der Waals surface area contributed by atoms with Crippen LogP contribution in [0.25, 0.3) is 0 Å². The summed E-state index contributed by atoms with van der Waals surface area (Å²) in [6.07, 6.45) is 3.59. The Labute approximate surface area is 176 Å². The molecule has 0 aliphatic carbocycles. The molecular formula is C23H26N4O3. The quantitative estimate of drug-likeness (QED) is 0.793. The second-order valence-electron chi connectivity index (χ2n) is 7.81. The van der Waals surface area contributed by atoms with Gasteiger partial charge in [0.2, 0.25) is 11.8 Å². The lowest BCUT2D eigenvalue weighted by Gasteiger charge is -2.29. The molecule has 0 bridgehead atoms. The van der Waals surface area contributed by atoms with Crippen molar-refractivity contribution in [3.05, 3.63) is 47.5 Å². The molecule has 0 saturated heterocycles. The first kappa shape index (κ1) is 19.9. The molecule has 7 nitrogen and oxygen atoms in total. The Hall–Kier alpha value is -3.35. The first-order valence-corrected chi connectivity index (χ1v) is 10.3. The van der Waals surface area contributed by atoms with Gasteiger partial charge in [0.05, 0.1) is 0 Å². The van der Waals surface area contributed by atoms with Crippen LogP contribution in [0.1, 0.15) is 37.8 Å². The summed E-state index contributed by atoms with van der Waals surface area (Å²) in [6.45, 7) is 4.61. The Morgan fingerprint density at radius 1 is 0.733 bits per heavy atom. The molecule has 0 fully saturated rings. The number of fused-ring (bicyclic) bond motifs is 2. The van der Waals surface area contributed by atoms with Crippen LogP contribution in [-0.2, 0) is 22.4 Å². The van der Waals surface area contributed by atoms with E-state index >= 15 is 0 Å². The smallest absolute Gasteiger partial charge is 0.312 e. The SMILES string of the molecule is CC(=O)N1CCCc2cc(NC(=O)Nc3ccc4c(c3)CCCN4C(C)=O)ccc21. The van der Waals surface area contributed by atoms with Crippen LogP contribution in [0.3, 0.4) is 0 Å². The van der Waals surface area contributed by atoms with E-state index in [0.717, 1.165) is 61.3 Å². The lowest BCUT2D eigenvalue weighted by molar-refractivity contribution is -0.117. The van der Waals surface area contributed by atoms with Crippen LogP contribution in [0.15, 0.2) is 36.4 Å². The van der Waals surface area contributed by atoms with Crippen LogP contribution in [0.5, 0.6) is 0 Å². The van der Waals surface area contributed by atoms with E-state index in [1.807, 2.05) is 36.4 Å². The summed E-state index contributed by atoms with van der Waals surface area (Å²) in [6, 6.07) is 11.0. The van der Waals surface area contributed by atoms with Crippen molar-refractivity contribution in [3.63, 3.8) is 0 Å². The van der Waals surface area contributed by atoms with E-state index in [-0.39, 0.29) is 17.8 Å². The predicted octanol–water partition coefficient (Wildman–Crippen LogP) is 3.93. The number of hydrogen-bond donors (Lipinski definition) is 2. The topological polar surface area (TPSA) is 81.8 Å². The maximum atomic E-state index is 12.5. The van der Waals surface area contributed by atoms with Gasteiger partial charge in [-0.2, -0.15) is 0 Å². The highest BCUT2D eigenvalue weighted by atomic mass is 16.2. The van der Waals surface area contributed by atoms with Gasteiger partial charge in [0.25, 0.3) is 0 Å². The number of benzene rings is 2. The standard InChI is InChI=1S/C23H26N4O3/c1-15(28)26-11-3-5-17-13-19(7-9-21(17)26)24-23(30)25-20-8-10-22-18(14-20)6-4-12-27(22)16(2)29/h7-10,13-14H,3-6,11-12H2,1-2H3,(H2,24,25,30). The molecule has 4 rings (SSSR count). The van der Waals surface area contributed by atoms with Crippen molar-refractivity contribution in [2.75, 3.05) is 33.5 Å². The fraction of sp³-hybridized carbons (Fsp3) is 0.348. The Morgan fingerprint density at radius 2 is 1.17 bits per heavy atom. The highest BCUT2D eigenvalue weighted by molar-refractivity contribution is 6.01. The average Bonchev–Trinajstić information content (AvgIpc) is 2.72. The molecule has 0 spiro atoms. The predicted molar refractivity (Wildman–Crippen MR) is 118 cm³/mol. The Kier molecular flexibility index (Phi) is 5.44. The summed E-state index contributed by atoms with van der Waals surface area (Å²) in [5, 5.41) is 5.75. The van der Waals surface area contributed by atoms with Crippen molar-refractivity contribution in [2.45, 2.75) is 39.5 Å². The number of amides is 4. The molecule has 2 aliphatic heterocycles. The van der Waals surface area contributed by atoms with Crippen molar-refractivity contribution in [2.24, 2.45) is 0 Å². The minimum Gasteiger partial charge on any atom is -0.312 e. The molecular weight excluding hydrogens is 380 g/mol. The van der Waals surface area contributed by atoms with Gasteiger partial charge in [0, 0.05) is 49.7 Å². The van der Waals surface area contributed by atoms with Crippen molar-refractivity contribution in [3.8, 4) is 0 Å². The highest BCUT2D eigenvalue weighted by Crippen LogP contribution is 2.31. The van der Waals surface area contributed by atoms with Gasteiger partial charge >= 0.3 is 6.03 Å². The van der Waals surface area contributed by atoms with Crippen LogP contribution in [-0.4, -0.2) is 30.9 Å². The summed E-state index contributed by atoms with van der Waals surface area (Å²) in [7, 11) is 0. The van der Waals surface area contributed by atoms with Gasteiger partial charge in [-0.1, -0.05) is 0 Å². The summed E-state index contributed by atoms with van der Waals surface area (Å²) >= 11 is 0. The van der Waals surface area contributed by atoms with E-state index in [1.165, 1.54) is 0 Å². The van der Waals surface area contributed by atoms with E-state index in [1.54, 1.807) is 23.6 Å². The van der Waals surface area contributed by atoms with E-state index in [2.05, 4.69) is 10.6 Å². The van der Waals surface area contributed by atoms with Crippen molar-refractivity contribution in [1.82, 2.24) is 0 Å². The molecule has 2 aliphatic rings. The molecule has 7 heteroatoms. The lowest BCUT2D eigenvalue weighted by Crippen LogP contribution is -2.33. The van der Waals surface area contributed by atoms with Crippen LogP contribution >= 0.6 is 0 Å². The van der Waals surface area contributed by atoms with Crippen molar-refractivity contribution < 1.29 is 14.4 Å². The lowest BCUT2D eigenvalue weighted by atomic mass is 10.0. The van der Waals surface area contributed by atoms with Crippen molar-refractivity contribution in [1.29, 1.82) is 0 Å². The third-order valence-corrected chi connectivity index (χ3v) is 5.67. The third kappa shape index (κ3) is 4.01. The fourth-order valence-corrected chi connectivity index (χ4v) is 4.30. The summed E-state index contributed by atoms with van der Waals surface area (Å²) in [4.78, 5) is 39.7. The molecule has 30 heavy (non-hydrogen) atoms.